The molecule has 0 aliphatic rings. The van der Waals surface area contributed by atoms with Crippen molar-refractivity contribution in [1.82, 2.24) is 15.5 Å². The molecule has 0 saturated carbocycles. The van der Waals surface area contributed by atoms with E-state index >= 15 is 0 Å². The maximum atomic E-state index is 5.16. The fourth-order valence-electron chi connectivity index (χ4n) is 1.04. The molecular formula is C11H21N3O. The van der Waals surface area contributed by atoms with Crippen molar-refractivity contribution < 1.29 is 4.52 Å². The molecule has 1 aromatic heterocycles. The van der Waals surface area contributed by atoms with Crippen LogP contribution in [0.3, 0.4) is 0 Å². The highest BCUT2D eigenvalue weighted by Gasteiger charge is 2.20. The molecule has 0 fully saturated rings. The molecule has 4 nitrogen and oxygen atoms in total. The van der Waals surface area contributed by atoms with Crippen LogP contribution in [0.15, 0.2) is 4.52 Å². The number of hydrogen-bond acceptors (Lipinski definition) is 4. The summed E-state index contributed by atoms with van der Waals surface area (Å²) in [7, 11) is 0. The van der Waals surface area contributed by atoms with Gasteiger partial charge in [0.15, 0.2) is 5.82 Å². The van der Waals surface area contributed by atoms with E-state index in [-0.39, 0.29) is 5.41 Å². The molecule has 4 heteroatoms. The van der Waals surface area contributed by atoms with Crippen molar-refractivity contribution in [3.63, 3.8) is 0 Å². The molecule has 86 valence electrons. The molecule has 1 unspecified atom stereocenters. The number of hydrogen-bond donors (Lipinski definition) is 1. The molecular weight excluding hydrogens is 190 g/mol. The van der Waals surface area contributed by atoms with E-state index in [4.69, 9.17) is 4.52 Å². The summed E-state index contributed by atoms with van der Waals surface area (Å²) in [6.45, 7) is 11.2. The zero-order valence-corrected chi connectivity index (χ0v) is 10.3. The molecule has 1 heterocycles. The predicted molar refractivity (Wildman–Crippen MR) is 59.6 cm³/mol. The molecule has 0 radical (unpaired) electrons. The first kappa shape index (κ1) is 12.2. The van der Waals surface area contributed by atoms with Gasteiger partial charge >= 0.3 is 0 Å². The molecule has 0 aromatic carbocycles. The molecule has 0 amide bonds. The van der Waals surface area contributed by atoms with Gasteiger partial charge in [-0.3, -0.25) is 0 Å². The van der Waals surface area contributed by atoms with E-state index in [1.807, 2.05) is 0 Å². The minimum atomic E-state index is -0.0435. The highest BCUT2D eigenvalue weighted by molar-refractivity contribution is 4.99. The lowest BCUT2D eigenvalue weighted by Crippen LogP contribution is -2.24. The third-order valence-electron chi connectivity index (χ3n) is 2.35. The van der Waals surface area contributed by atoms with Crippen molar-refractivity contribution in [2.24, 2.45) is 0 Å². The number of rotatable bonds is 4. The number of aromatic nitrogens is 2. The highest BCUT2D eigenvalue weighted by Crippen LogP contribution is 2.18. The Morgan fingerprint density at radius 2 is 2.07 bits per heavy atom. The summed E-state index contributed by atoms with van der Waals surface area (Å²) in [5.41, 5.74) is -0.0435. The van der Waals surface area contributed by atoms with Gasteiger partial charge in [-0.25, -0.2) is 0 Å². The van der Waals surface area contributed by atoms with Crippen LogP contribution >= 0.6 is 0 Å². The molecule has 15 heavy (non-hydrogen) atoms. The van der Waals surface area contributed by atoms with E-state index in [0.717, 1.165) is 12.2 Å². The average molecular weight is 211 g/mol. The van der Waals surface area contributed by atoms with E-state index in [9.17, 15) is 0 Å². The Balaban J connectivity index is 2.54. The van der Waals surface area contributed by atoms with Gasteiger partial charge in [0.2, 0.25) is 5.89 Å². The van der Waals surface area contributed by atoms with E-state index in [0.29, 0.717) is 18.5 Å². The van der Waals surface area contributed by atoms with Crippen molar-refractivity contribution in [2.75, 3.05) is 0 Å². The van der Waals surface area contributed by atoms with E-state index in [1.165, 1.54) is 0 Å². The number of nitrogens with one attached hydrogen (secondary N) is 1. The molecule has 1 rings (SSSR count). The van der Waals surface area contributed by atoms with Crippen LogP contribution in [0.4, 0.5) is 0 Å². The maximum Gasteiger partial charge on any atom is 0.240 e. The van der Waals surface area contributed by atoms with Crippen molar-refractivity contribution in [3.8, 4) is 0 Å². The Morgan fingerprint density at radius 3 is 2.53 bits per heavy atom. The number of nitrogens with zero attached hydrogens (tertiary/aromatic N) is 2. The van der Waals surface area contributed by atoms with Crippen LogP contribution in [-0.4, -0.2) is 16.2 Å². The van der Waals surface area contributed by atoms with Crippen molar-refractivity contribution in [1.29, 1.82) is 0 Å². The van der Waals surface area contributed by atoms with Crippen LogP contribution in [0.25, 0.3) is 0 Å². The lowest BCUT2D eigenvalue weighted by atomic mass is 9.96. The van der Waals surface area contributed by atoms with Crippen LogP contribution in [0.5, 0.6) is 0 Å². The van der Waals surface area contributed by atoms with Gasteiger partial charge in [0.05, 0.1) is 6.54 Å². The SMILES string of the molecule is CCC(C)NCc1nc(C(C)(C)C)no1. The Bertz CT molecular complexity index is 301. The van der Waals surface area contributed by atoms with Gasteiger partial charge in [-0.05, 0) is 13.3 Å². The zero-order valence-electron chi connectivity index (χ0n) is 10.3. The van der Waals surface area contributed by atoms with Gasteiger partial charge < -0.3 is 9.84 Å². The second-order valence-corrected chi connectivity index (χ2v) is 4.95. The van der Waals surface area contributed by atoms with E-state index in [2.05, 4.69) is 50.1 Å². The smallest absolute Gasteiger partial charge is 0.240 e. The molecule has 1 atom stereocenters. The Morgan fingerprint density at radius 1 is 1.40 bits per heavy atom. The fraction of sp³-hybridized carbons (Fsp3) is 0.818. The second kappa shape index (κ2) is 4.75. The summed E-state index contributed by atoms with van der Waals surface area (Å²) in [5.74, 6) is 1.43. The molecule has 0 aliphatic carbocycles. The Kier molecular flexibility index (Phi) is 3.85. The third kappa shape index (κ3) is 3.63. The van der Waals surface area contributed by atoms with Crippen LogP contribution in [-0.2, 0) is 12.0 Å². The predicted octanol–water partition coefficient (Wildman–Crippen LogP) is 2.26. The summed E-state index contributed by atoms with van der Waals surface area (Å²) in [6, 6.07) is 0.481. The molecule has 0 bridgehead atoms. The lowest BCUT2D eigenvalue weighted by molar-refractivity contribution is 0.347. The van der Waals surface area contributed by atoms with Gasteiger partial charge in [-0.1, -0.05) is 32.9 Å². The van der Waals surface area contributed by atoms with E-state index in [1.54, 1.807) is 0 Å². The first-order valence-electron chi connectivity index (χ1n) is 5.50. The van der Waals surface area contributed by atoms with Crippen molar-refractivity contribution in [2.45, 2.75) is 59.0 Å². The third-order valence-corrected chi connectivity index (χ3v) is 2.35. The molecule has 1 aromatic rings. The maximum absolute atomic E-state index is 5.16. The second-order valence-electron chi connectivity index (χ2n) is 4.95. The van der Waals surface area contributed by atoms with Crippen LogP contribution < -0.4 is 5.32 Å². The topological polar surface area (TPSA) is 51.0 Å². The quantitative estimate of drug-likeness (QED) is 0.830. The largest absolute Gasteiger partial charge is 0.338 e. The van der Waals surface area contributed by atoms with E-state index < -0.39 is 0 Å². The standard InChI is InChI=1S/C11H21N3O/c1-6-8(2)12-7-9-13-10(14-15-9)11(3,4)5/h8,12H,6-7H2,1-5H3. The average Bonchev–Trinajstić information content (AvgIpc) is 2.61. The molecule has 0 saturated heterocycles. The molecule has 1 N–H and O–H groups in total. The highest BCUT2D eigenvalue weighted by atomic mass is 16.5. The van der Waals surface area contributed by atoms with Gasteiger partial charge in [-0.2, -0.15) is 4.98 Å². The first-order valence-corrected chi connectivity index (χ1v) is 5.50. The summed E-state index contributed by atoms with van der Waals surface area (Å²) < 4.78 is 5.16. The van der Waals surface area contributed by atoms with Crippen molar-refractivity contribution >= 4 is 0 Å². The molecule has 0 spiro atoms. The van der Waals surface area contributed by atoms with Crippen LogP contribution in [0.2, 0.25) is 0 Å². The molecule has 0 aliphatic heterocycles. The van der Waals surface area contributed by atoms with Crippen LogP contribution in [0.1, 0.15) is 52.8 Å². The van der Waals surface area contributed by atoms with Crippen molar-refractivity contribution in [3.05, 3.63) is 11.7 Å². The minimum absolute atomic E-state index is 0.0435. The first-order chi connectivity index (χ1) is 6.93. The summed E-state index contributed by atoms with van der Waals surface area (Å²) in [4.78, 5) is 4.35. The van der Waals surface area contributed by atoms with Gasteiger partial charge in [0.25, 0.3) is 0 Å². The zero-order chi connectivity index (χ0) is 11.5. The Labute approximate surface area is 91.5 Å². The summed E-state index contributed by atoms with van der Waals surface area (Å²) in [6.07, 6.45) is 1.10. The van der Waals surface area contributed by atoms with Crippen LogP contribution in [0, 0.1) is 0 Å². The lowest BCUT2D eigenvalue weighted by Gasteiger charge is -2.11. The van der Waals surface area contributed by atoms with Gasteiger partial charge in [0.1, 0.15) is 0 Å². The van der Waals surface area contributed by atoms with Gasteiger partial charge in [-0.15, -0.1) is 0 Å². The van der Waals surface area contributed by atoms with Gasteiger partial charge in [0, 0.05) is 11.5 Å². The Hall–Kier alpha value is -0.900. The monoisotopic (exact) mass is 211 g/mol. The minimum Gasteiger partial charge on any atom is -0.338 e. The summed E-state index contributed by atoms with van der Waals surface area (Å²) >= 11 is 0. The fourth-order valence-corrected chi connectivity index (χ4v) is 1.04. The summed E-state index contributed by atoms with van der Waals surface area (Å²) in [5, 5.41) is 7.28. The normalized spacial score (nSPS) is 14.2.